The molecule has 0 saturated heterocycles. The van der Waals surface area contributed by atoms with Crippen molar-refractivity contribution in [2.45, 2.75) is 19.3 Å². The summed E-state index contributed by atoms with van der Waals surface area (Å²) in [5.41, 5.74) is 2.73. The second-order valence-corrected chi connectivity index (χ2v) is 4.04. The fourth-order valence-corrected chi connectivity index (χ4v) is 2.08. The molecule has 1 aliphatic rings. The van der Waals surface area contributed by atoms with Gasteiger partial charge in [-0.25, -0.2) is 0 Å². The minimum atomic E-state index is -0.127. The first kappa shape index (κ1) is 11.0. The number of carbonyl (C=O) groups excluding carboxylic acids is 1. The van der Waals surface area contributed by atoms with Crippen LogP contribution in [0.4, 0.5) is 5.69 Å². The number of hydrogen-bond donors (Lipinski definition) is 2. The van der Waals surface area contributed by atoms with Crippen LogP contribution in [0.5, 0.6) is 5.75 Å². The third kappa shape index (κ3) is 1.76. The molecule has 1 amide bonds. The fourth-order valence-electron chi connectivity index (χ4n) is 2.08. The number of rotatable bonds is 2. The van der Waals surface area contributed by atoms with E-state index in [9.17, 15) is 9.90 Å². The Hall–Kier alpha value is -1.55. The van der Waals surface area contributed by atoms with E-state index in [4.69, 9.17) is 4.74 Å². The summed E-state index contributed by atoms with van der Waals surface area (Å²) in [7, 11) is 1.61. The van der Waals surface area contributed by atoms with Gasteiger partial charge in [-0.05, 0) is 30.2 Å². The van der Waals surface area contributed by atoms with E-state index in [1.165, 1.54) is 0 Å². The first-order valence-electron chi connectivity index (χ1n) is 5.25. The van der Waals surface area contributed by atoms with Crippen molar-refractivity contribution in [3.63, 3.8) is 0 Å². The summed E-state index contributed by atoms with van der Waals surface area (Å²) in [6, 6.07) is 3.75. The van der Waals surface area contributed by atoms with E-state index in [1.54, 1.807) is 7.11 Å². The Bertz CT molecular complexity index is 429. The van der Waals surface area contributed by atoms with E-state index in [-0.39, 0.29) is 18.4 Å². The molecular weight excluding hydrogens is 206 g/mol. The molecule has 0 saturated carbocycles. The lowest BCUT2D eigenvalue weighted by Crippen LogP contribution is -2.25. The summed E-state index contributed by atoms with van der Waals surface area (Å²) in [4.78, 5) is 11.4. The summed E-state index contributed by atoms with van der Waals surface area (Å²) < 4.78 is 5.19. The number of fused-ring (bicyclic) bond motifs is 1. The van der Waals surface area contributed by atoms with Gasteiger partial charge in [-0.15, -0.1) is 0 Å². The second-order valence-electron chi connectivity index (χ2n) is 4.04. The first-order chi connectivity index (χ1) is 7.65. The Morgan fingerprint density at radius 1 is 1.56 bits per heavy atom. The molecule has 0 aromatic heterocycles. The van der Waals surface area contributed by atoms with Gasteiger partial charge in [0.05, 0.1) is 13.7 Å². The molecule has 0 spiro atoms. The van der Waals surface area contributed by atoms with Crippen LogP contribution in [0.3, 0.4) is 0 Å². The number of amides is 1. The van der Waals surface area contributed by atoms with Crippen LogP contribution >= 0.6 is 0 Å². The lowest BCUT2D eigenvalue weighted by Gasteiger charge is -2.26. The highest BCUT2D eigenvalue weighted by molar-refractivity contribution is 5.95. The topological polar surface area (TPSA) is 58.6 Å². The van der Waals surface area contributed by atoms with Crippen molar-refractivity contribution >= 4 is 11.6 Å². The normalized spacial score (nSPS) is 18.9. The smallest absolute Gasteiger partial charge is 0.225 e. The van der Waals surface area contributed by atoms with Crippen LogP contribution in [-0.4, -0.2) is 24.7 Å². The molecule has 1 aliphatic heterocycles. The summed E-state index contributed by atoms with van der Waals surface area (Å²) in [5.74, 6) is 0.586. The van der Waals surface area contributed by atoms with E-state index in [0.29, 0.717) is 6.42 Å². The predicted molar refractivity (Wildman–Crippen MR) is 60.8 cm³/mol. The van der Waals surface area contributed by atoms with Crippen molar-refractivity contribution < 1.29 is 14.6 Å². The van der Waals surface area contributed by atoms with E-state index in [1.807, 2.05) is 19.1 Å². The second kappa shape index (κ2) is 4.14. The number of nitrogens with one attached hydrogen (secondary N) is 1. The quantitative estimate of drug-likeness (QED) is 0.794. The lowest BCUT2D eigenvalue weighted by molar-refractivity contribution is -0.117. The van der Waals surface area contributed by atoms with Gasteiger partial charge in [0.1, 0.15) is 5.75 Å². The average molecular weight is 221 g/mol. The highest BCUT2D eigenvalue weighted by Crippen LogP contribution is 2.37. The third-order valence-corrected chi connectivity index (χ3v) is 2.93. The number of methoxy groups -OCH3 is 1. The van der Waals surface area contributed by atoms with Crippen LogP contribution in [0.1, 0.15) is 23.5 Å². The summed E-state index contributed by atoms with van der Waals surface area (Å²) in [6.07, 6.45) is 0.329. The zero-order chi connectivity index (χ0) is 11.7. The van der Waals surface area contributed by atoms with Crippen molar-refractivity contribution in [3.05, 3.63) is 23.3 Å². The van der Waals surface area contributed by atoms with Crippen molar-refractivity contribution in [2.75, 3.05) is 19.0 Å². The van der Waals surface area contributed by atoms with Gasteiger partial charge in [0, 0.05) is 18.0 Å². The summed E-state index contributed by atoms with van der Waals surface area (Å²) >= 11 is 0. The Morgan fingerprint density at radius 3 is 2.94 bits per heavy atom. The van der Waals surface area contributed by atoms with E-state index in [0.717, 1.165) is 22.6 Å². The Kier molecular flexibility index (Phi) is 2.83. The summed E-state index contributed by atoms with van der Waals surface area (Å²) in [6.45, 7) is 1.90. The van der Waals surface area contributed by atoms with Crippen molar-refractivity contribution in [2.24, 2.45) is 0 Å². The highest BCUT2D eigenvalue weighted by atomic mass is 16.5. The molecule has 0 aliphatic carbocycles. The van der Waals surface area contributed by atoms with Gasteiger partial charge >= 0.3 is 0 Å². The molecule has 0 radical (unpaired) electrons. The predicted octanol–water partition coefficient (Wildman–Crippen LogP) is 1.42. The van der Waals surface area contributed by atoms with E-state index < -0.39 is 0 Å². The average Bonchev–Trinajstić information content (AvgIpc) is 2.28. The molecule has 4 nitrogen and oxygen atoms in total. The van der Waals surface area contributed by atoms with Crippen molar-refractivity contribution in [1.29, 1.82) is 0 Å². The molecular formula is C12H15NO3. The molecule has 16 heavy (non-hydrogen) atoms. The fraction of sp³-hybridized carbons (Fsp3) is 0.417. The number of carbonyl (C=O) groups is 1. The minimum absolute atomic E-state index is 0.0208. The molecule has 1 aromatic carbocycles. The Morgan fingerprint density at radius 2 is 2.31 bits per heavy atom. The van der Waals surface area contributed by atoms with Crippen LogP contribution in [0.2, 0.25) is 0 Å². The molecule has 86 valence electrons. The van der Waals surface area contributed by atoms with E-state index >= 15 is 0 Å². The monoisotopic (exact) mass is 221 g/mol. The van der Waals surface area contributed by atoms with Gasteiger partial charge in [0.15, 0.2) is 0 Å². The Labute approximate surface area is 94.2 Å². The molecule has 1 heterocycles. The van der Waals surface area contributed by atoms with Crippen LogP contribution in [0.15, 0.2) is 12.1 Å². The maximum absolute atomic E-state index is 11.4. The molecule has 2 rings (SSSR count). The molecule has 2 N–H and O–H groups in total. The first-order valence-corrected chi connectivity index (χ1v) is 5.25. The Balaban J connectivity index is 2.53. The third-order valence-electron chi connectivity index (χ3n) is 2.93. The van der Waals surface area contributed by atoms with Crippen molar-refractivity contribution in [3.8, 4) is 5.75 Å². The molecule has 1 atom stereocenters. The largest absolute Gasteiger partial charge is 0.497 e. The maximum Gasteiger partial charge on any atom is 0.225 e. The van der Waals surface area contributed by atoms with Crippen LogP contribution < -0.4 is 10.1 Å². The van der Waals surface area contributed by atoms with Crippen LogP contribution in [-0.2, 0) is 4.79 Å². The van der Waals surface area contributed by atoms with Crippen molar-refractivity contribution in [1.82, 2.24) is 0 Å². The number of aryl methyl sites for hydroxylation is 1. The van der Waals surface area contributed by atoms with Gasteiger partial charge in [-0.1, -0.05) is 0 Å². The molecule has 0 bridgehead atoms. The molecule has 1 unspecified atom stereocenters. The summed E-state index contributed by atoms with van der Waals surface area (Å²) in [5, 5.41) is 12.1. The van der Waals surface area contributed by atoms with Gasteiger partial charge in [-0.2, -0.15) is 0 Å². The van der Waals surface area contributed by atoms with Gasteiger partial charge in [-0.3, -0.25) is 4.79 Å². The highest BCUT2D eigenvalue weighted by Gasteiger charge is 2.26. The van der Waals surface area contributed by atoms with Gasteiger partial charge in [0.25, 0.3) is 0 Å². The van der Waals surface area contributed by atoms with Crippen LogP contribution in [0, 0.1) is 6.92 Å². The minimum Gasteiger partial charge on any atom is -0.497 e. The molecule has 4 heteroatoms. The standard InChI is InChI=1S/C12H15NO3/c1-7-3-9(16-2)5-10-8(6-14)4-11(15)13-12(7)10/h3,5,8,14H,4,6H2,1-2H3,(H,13,15). The van der Waals surface area contributed by atoms with E-state index in [2.05, 4.69) is 5.32 Å². The van der Waals surface area contributed by atoms with Crippen LogP contribution in [0.25, 0.3) is 0 Å². The zero-order valence-electron chi connectivity index (χ0n) is 9.41. The zero-order valence-corrected chi connectivity index (χ0v) is 9.41. The number of hydrogen-bond acceptors (Lipinski definition) is 3. The number of aliphatic hydroxyl groups is 1. The number of aliphatic hydroxyl groups excluding tert-OH is 1. The number of ether oxygens (including phenoxy) is 1. The maximum atomic E-state index is 11.4. The SMILES string of the molecule is COc1cc(C)c2c(c1)C(CO)CC(=O)N2. The van der Waals surface area contributed by atoms with Gasteiger partial charge < -0.3 is 15.2 Å². The van der Waals surface area contributed by atoms with Gasteiger partial charge in [0.2, 0.25) is 5.91 Å². The molecule has 1 aromatic rings. The lowest BCUT2D eigenvalue weighted by atomic mass is 9.89. The number of anilines is 1. The molecule has 0 fully saturated rings. The number of benzene rings is 1.